The minimum atomic E-state index is -0.178. The van der Waals surface area contributed by atoms with Crippen molar-refractivity contribution in [2.75, 3.05) is 13.1 Å². The summed E-state index contributed by atoms with van der Waals surface area (Å²) in [5.74, 6) is 0.186. The molecule has 0 bridgehead atoms. The molecular formula is C12H21N5OS. The Balaban J connectivity index is 2.04. The average molecular weight is 283 g/mol. The van der Waals surface area contributed by atoms with Crippen molar-refractivity contribution in [3.63, 3.8) is 0 Å². The van der Waals surface area contributed by atoms with E-state index in [0.29, 0.717) is 5.16 Å². The lowest BCUT2D eigenvalue weighted by molar-refractivity contribution is -0.129. The third-order valence-corrected chi connectivity index (χ3v) is 4.14. The van der Waals surface area contributed by atoms with Crippen molar-refractivity contribution in [3.8, 4) is 0 Å². The van der Waals surface area contributed by atoms with E-state index in [1.165, 1.54) is 11.8 Å². The number of carbonyl (C=O) groups excluding carboxylic acids is 1. The number of amides is 1. The van der Waals surface area contributed by atoms with Crippen molar-refractivity contribution in [1.29, 1.82) is 0 Å². The van der Waals surface area contributed by atoms with Crippen molar-refractivity contribution < 1.29 is 4.79 Å². The average Bonchev–Trinajstić information content (AvgIpc) is 2.97. The van der Waals surface area contributed by atoms with E-state index in [9.17, 15) is 4.79 Å². The highest BCUT2D eigenvalue weighted by Crippen LogP contribution is 2.26. The van der Waals surface area contributed by atoms with Gasteiger partial charge in [-0.15, -0.1) is 5.10 Å². The summed E-state index contributed by atoms with van der Waals surface area (Å²) in [6.45, 7) is 9.82. The standard InChI is InChI=1S/C12H21N5OS/c1-9(10(18)16-7-5-6-8-16)19-11-13-14-15-17(11)12(2,3)4/h9H,5-8H2,1-4H3. The zero-order valence-electron chi connectivity index (χ0n) is 12.0. The van der Waals surface area contributed by atoms with Crippen LogP contribution in [0.4, 0.5) is 0 Å². The van der Waals surface area contributed by atoms with E-state index < -0.39 is 0 Å². The van der Waals surface area contributed by atoms with Crippen molar-refractivity contribution in [1.82, 2.24) is 25.1 Å². The number of likely N-dealkylation sites (tertiary alicyclic amines) is 1. The second-order valence-corrected chi connectivity index (χ2v) is 7.14. The first-order chi connectivity index (χ1) is 8.89. The number of nitrogens with zero attached hydrogens (tertiary/aromatic N) is 5. The van der Waals surface area contributed by atoms with Gasteiger partial charge in [-0.3, -0.25) is 4.79 Å². The number of tetrazole rings is 1. The number of hydrogen-bond acceptors (Lipinski definition) is 5. The molecule has 1 atom stereocenters. The highest BCUT2D eigenvalue weighted by atomic mass is 32.2. The minimum Gasteiger partial charge on any atom is -0.342 e. The number of hydrogen-bond donors (Lipinski definition) is 0. The number of carbonyl (C=O) groups is 1. The van der Waals surface area contributed by atoms with Crippen molar-refractivity contribution >= 4 is 17.7 Å². The summed E-state index contributed by atoms with van der Waals surface area (Å²) in [6, 6.07) is 0. The summed E-state index contributed by atoms with van der Waals surface area (Å²) in [6.07, 6.45) is 2.23. The lowest BCUT2D eigenvalue weighted by Gasteiger charge is -2.22. The maximum Gasteiger partial charge on any atom is 0.235 e. The number of thioether (sulfide) groups is 1. The third kappa shape index (κ3) is 3.26. The summed E-state index contributed by atoms with van der Waals surface area (Å²) in [5, 5.41) is 12.3. The highest BCUT2D eigenvalue weighted by molar-refractivity contribution is 8.00. The number of rotatable bonds is 3. The molecule has 1 unspecified atom stereocenters. The lowest BCUT2D eigenvalue weighted by Crippen LogP contribution is -2.34. The zero-order valence-corrected chi connectivity index (χ0v) is 12.8. The van der Waals surface area contributed by atoms with Crippen LogP contribution in [0.2, 0.25) is 0 Å². The van der Waals surface area contributed by atoms with Gasteiger partial charge in [0.15, 0.2) is 0 Å². The van der Waals surface area contributed by atoms with Gasteiger partial charge in [-0.1, -0.05) is 11.8 Å². The molecule has 1 aliphatic heterocycles. The Labute approximate surface area is 117 Å². The first kappa shape index (κ1) is 14.3. The normalized spacial score (nSPS) is 17.8. The Morgan fingerprint density at radius 1 is 1.32 bits per heavy atom. The third-order valence-electron chi connectivity index (χ3n) is 3.12. The maximum atomic E-state index is 12.3. The van der Waals surface area contributed by atoms with E-state index in [-0.39, 0.29) is 16.7 Å². The lowest BCUT2D eigenvalue weighted by atomic mass is 10.1. The molecule has 0 N–H and O–H groups in total. The van der Waals surface area contributed by atoms with Gasteiger partial charge in [0.2, 0.25) is 11.1 Å². The second-order valence-electron chi connectivity index (χ2n) is 5.84. The van der Waals surface area contributed by atoms with Crippen LogP contribution in [-0.2, 0) is 10.3 Å². The van der Waals surface area contributed by atoms with Gasteiger partial charge in [-0.25, -0.2) is 4.68 Å². The van der Waals surface area contributed by atoms with Crippen LogP contribution in [0, 0.1) is 0 Å². The molecule has 0 aliphatic carbocycles. The predicted octanol–water partition coefficient (Wildman–Crippen LogP) is 1.53. The van der Waals surface area contributed by atoms with E-state index in [4.69, 9.17) is 0 Å². The molecule has 2 heterocycles. The summed E-state index contributed by atoms with van der Waals surface area (Å²) in [5.41, 5.74) is -0.178. The molecule has 2 rings (SSSR count). The van der Waals surface area contributed by atoms with Gasteiger partial charge in [-0.05, 0) is 51.0 Å². The van der Waals surface area contributed by atoms with E-state index in [1.54, 1.807) is 4.68 Å². The fourth-order valence-electron chi connectivity index (χ4n) is 2.08. The van der Waals surface area contributed by atoms with Crippen LogP contribution in [0.15, 0.2) is 5.16 Å². The Hall–Kier alpha value is -1.11. The fraction of sp³-hybridized carbons (Fsp3) is 0.833. The summed E-state index contributed by atoms with van der Waals surface area (Å²) in [7, 11) is 0. The van der Waals surface area contributed by atoms with Crippen LogP contribution in [0.3, 0.4) is 0 Å². The molecule has 0 saturated carbocycles. The second kappa shape index (κ2) is 5.48. The van der Waals surface area contributed by atoms with Crippen molar-refractivity contribution in [2.45, 2.75) is 56.5 Å². The maximum absolute atomic E-state index is 12.3. The molecule has 1 saturated heterocycles. The molecule has 7 heteroatoms. The molecule has 1 aromatic heterocycles. The number of aromatic nitrogens is 4. The van der Waals surface area contributed by atoms with Gasteiger partial charge in [-0.2, -0.15) is 0 Å². The Morgan fingerprint density at radius 3 is 2.53 bits per heavy atom. The van der Waals surface area contributed by atoms with Crippen LogP contribution in [-0.4, -0.2) is 49.4 Å². The zero-order chi connectivity index (χ0) is 14.0. The Morgan fingerprint density at radius 2 is 1.95 bits per heavy atom. The van der Waals surface area contributed by atoms with Crippen LogP contribution < -0.4 is 0 Å². The van der Waals surface area contributed by atoms with Gasteiger partial charge < -0.3 is 4.90 Å². The molecule has 0 radical (unpaired) electrons. The molecule has 1 amide bonds. The molecular weight excluding hydrogens is 262 g/mol. The van der Waals surface area contributed by atoms with Crippen molar-refractivity contribution in [2.24, 2.45) is 0 Å². The van der Waals surface area contributed by atoms with Gasteiger partial charge in [0, 0.05) is 13.1 Å². The topological polar surface area (TPSA) is 63.9 Å². The molecule has 0 aromatic carbocycles. The van der Waals surface area contributed by atoms with Crippen LogP contribution >= 0.6 is 11.8 Å². The predicted molar refractivity (Wildman–Crippen MR) is 73.9 cm³/mol. The van der Waals surface area contributed by atoms with E-state index in [2.05, 4.69) is 15.5 Å². The summed E-state index contributed by atoms with van der Waals surface area (Å²) >= 11 is 1.43. The largest absolute Gasteiger partial charge is 0.342 e. The molecule has 106 valence electrons. The van der Waals surface area contributed by atoms with Crippen LogP contribution in [0.1, 0.15) is 40.5 Å². The van der Waals surface area contributed by atoms with E-state index >= 15 is 0 Å². The molecule has 1 fully saturated rings. The molecule has 1 aliphatic rings. The van der Waals surface area contributed by atoms with Gasteiger partial charge >= 0.3 is 0 Å². The quantitative estimate of drug-likeness (QED) is 0.787. The van der Waals surface area contributed by atoms with Gasteiger partial charge in [0.05, 0.1) is 10.8 Å². The van der Waals surface area contributed by atoms with E-state index in [0.717, 1.165) is 25.9 Å². The SMILES string of the molecule is CC(Sc1nnnn1C(C)(C)C)C(=O)N1CCCC1. The minimum absolute atomic E-state index is 0.148. The van der Waals surface area contributed by atoms with Gasteiger partial charge in [0.25, 0.3) is 0 Å². The first-order valence-electron chi connectivity index (χ1n) is 6.64. The van der Waals surface area contributed by atoms with E-state index in [1.807, 2.05) is 32.6 Å². The Bertz CT molecular complexity index is 447. The van der Waals surface area contributed by atoms with Gasteiger partial charge in [0.1, 0.15) is 0 Å². The van der Waals surface area contributed by atoms with Crippen LogP contribution in [0.25, 0.3) is 0 Å². The van der Waals surface area contributed by atoms with Crippen LogP contribution in [0.5, 0.6) is 0 Å². The smallest absolute Gasteiger partial charge is 0.235 e. The molecule has 6 nitrogen and oxygen atoms in total. The summed E-state index contributed by atoms with van der Waals surface area (Å²) in [4.78, 5) is 14.2. The molecule has 0 spiro atoms. The highest BCUT2D eigenvalue weighted by Gasteiger charge is 2.27. The first-order valence-corrected chi connectivity index (χ1v) is 7.52. The molecule has 19 heavy (non-hydrogen) atoms. The molecule has 1 aromatic rings. The summed E-state index contributed by atoms with van der Waals surface area (Å²) < 4.78 is 1.77. The monoisotopic (exact) mass is 283 g/mol. The Kier molecular flexibility index (Phi) is 4.13. The fourth-order valence-corrected chi connectivity index (χ4v) is 3.14. The van der Waals surface area contributed by atoms with Crippen molar-refractivity contribution in [3.05, 3.63) is 0 Å².